The average Bonchev–Trinajstić information content (AvgIpc) is 3.58. The van der Waals surface area contributed by atoms with Gasteiger partial charge in [-0.25, -0.2) is 18.4 Å². The minimum atomic E-state index is -3.37. The molecule has 1 saturated carbocycles. The summed E-state index contributed by atoms with van der Waals surface area (Å²) in [5.41, 5.74) is 0.889. The molecule has 0 unspecified atom stereocenters. The van der Waals surface area contributed by atoms with Crippen molar-refractivity contribution in [2.24, 2.45) is 5.16 Å². The van der Waals surface area contributed by atoms with Crippen LogP contribution in [0.5, 0.6) is 5.88 Å². The molecule has 3 aromatic rings. The summed E-state index contributed by atoms with van der Waals surface area (Å²) < 4.78 is 31.1. The number of carbonyl (C=O) groups is 1. The van der Waals surface area contributed by atoms with Crippen LogP contribution in [0.2, 0.25) is 0 Å². The zero-order valence-electron chi connectivity index (χ0n) is 21.0. The molecule has 0 spiro atoms. The Morgan fingerprint density at radius 1 is 1.21 bits per heavy atom. The highest BCUT2D eigenvalue weighted by Crippen LogP contribution is 2.33. The van der Waals surface area contributed by atoms with Crippen molar-refractivity contribution < 1.29 is 27.9 Å². The van der Waals surface area contributed by atoms with E-state index < -0.39 is 21.8 Å². The number of aliphatic hydroxyl groups excluding tert-OH is 1. The van der Waals surface area contributed by atoms with Crippen LogP contribution in [0.3, 0.4) is 0 Å². The zero-order chi connectivity index (χ0) is 26.9. The van der Waals surface area contributed by atoms with Crippen molar-refractivity contribution in [2.75, 3.05) is 32.1 Å². The number of sulfone groups is 1. The molecule has 11 nitrogen and oxygen atoms in total. The molecule has 1 aliphatic heterocycles. The fourth-order valence-electron chi connectivity index (χ4n) is 4.01. The third kappa shape index (κ3) is 5.96. The lowest BCUT2D eigenvalue weighted by Crippen LogP contribution is -2.25. The topological polar surface area (TPSA) is 143 Å². The lowest BCUT2D eigenvalue weighted by Gasteiger charge is -2.12. The molecule has 13 heteroatoms. The van der Waals surface area contributed by atoms with Crippen LogP contribution in [-0.2, 0) is 19.5 Å². The molecule has 0 radical (unpaired) electrons. The van der Waals surface area contributed by atoms with E-state index in [2.05, 4.69) is 32.4 Å². The Morgan fingerprint density at radius 2 is 1.97 bits per heavy atom. The van der Waals surface area contributed by atoms with Gasteiger partial charge in [0.2, 0.25) is 5.88 Å². The number of nitrogens with zero attached hydrogens (tertiary/aromatic N) is 4. The molecule has 202 valence electrons. The first-order chi connectivity index (χ1) is 18.2. The summed E-state index contributed by atoms with van der Waals surface area (Å²) in [5, 5.41) is 16.0. The van der Waals surface area contributed by atoms with Crippen LogP contribution in [-0.4, -0.2) is 84.2 Å². The minimum absolute atomic E-state index is 0.0812. The Morgan fingerprint density at radius 3 is 2.63 bits per heavy atom. The Kier molecular flexibility index (Phi) is 7.61. The Balaban J connectivity index is 1.34. The van der Waals surface area contributed by atoms with E-state index in [4.69, 9.17) is 9.57 Å². The highest BCUT2D eigenvalue weighted by atomic mass is 32.2. The van der Waals surface area contributed by atoms with Crippen molar-refractivity contribution in [2.45, 2.75) is 48.5 Å². The molecule has 1 aromatic carbocycles. The summed E-state index contributed by atoms with van der Waals surface area (Å²) in [5.74, 6) is -0.0910. The van der Waals surface area contributed by atoms with Gasteiger partial charge in [0.05, 0.1) is 16.8 Å². The minimum Gasteiger partial charge on any atom is -0.473 e. The fraction of sp³-hybridized carbons (Fsp3) is 0.440. The highest BCUT2D eigenvalue weighted by Gasteiger charge is 2.36. The molecule has 1 saturated heterocycles. The summed E-state index contributed by atoms with van der Waals surface area (Å²) in [6.07, 6.45) is 1.70. The number of anilines is 1. The Bertz CT molecular complexity index is 1450. The molecule has 2 fully saturated rings. The highest BCUT2D eigenvalue weighted by molar-refractivity contribution is 7.92. The van der Waals surface area contributed by atoms with Gasteiger partial charge in [-0.1, -0.05) is 28.6 Å². The van der Waals surface area contributed by atoms with Gasteiger partial charge in [0.15, 0.2) is 20.7 Å². The van der Waals surface area contributed by atoms with E-state index >= 15 is 0 Å². The maximum atomic E-state index is 13.2. The number of hydrogen-bond acceptors (Lipinski definition) is 11. The number of nitrogens with one attached hydrogen (secondary N) is 1. The molecule has 2 aliphatic rings. The van der Waals surface area contributed by atoms with Gasteiger partial charge in [-0.05, 0) is 51.4 Å². The summed E-state index contributed by atoms with van der Waals surface area (Å²) in [7, 11) is -1.32. The van der Waals surface area contributed by atoms with Crippen molar-refractivity contribution in [3.63, 3.8) is 0 Å². The largest absolute Gasteiger partial charge is 0.473 e. The molecule has 38 heavy (non-hydrogen) atoms. The predicted molar refractivity (Wildman–Crippen MR) is 143 cm³/mol. The van der Waals surface area contributed by atoms with Crippen molar-refractivity contribution in [3.05, 3.63) is 42.0 Å². The fourth-order valence-corrected chi connectivity index (χ4v) is 6.49. The summed E-state index contributed by atoms with van der Waals surface area (Å²) in [6.45, 7) is 3.14. The second-order valence-electron chi connectivity index (χ2n) is 9.54. The van der Waals surface area contributed by atoms with Crippen LogP contribution >= 0.6 is 11.3 Å². The molecule has 1 amide bonds. The van der Waals surface area contributed by atoms with E-state index in [9.17, 15) is 18.3 Å². The van der Waals surface area contributed by atoms with Crippen LogP contribution in [0, 0.1) is 0 Å². The van der Waals surface area contributed by atoms with E-state index in [0.29, 0.717) is 39.8 Å². The first kappa shape index (κ1) is 26.5. The third-order valence-electron chi connectivity index (χ3n) is 6.30. The molecule has 2 aromatic heterocycles. The number of likely N-dealkylation sites (N-methyl/N-ethyl adjacent to an activating group) is 1. The first-order valence-electron chi connectivity index (χ1n) is 12.4. The van der Waals surface area contributed by atoms with Gasteiger partial charge in [0.1, 0.15) is 22.6 Å². The first-order valence-corrected chi connectivity index (χ1v) is 14.7. The van der Waals surface area contributed by atoms with Gasteiger partial charge in [-0.3, -0.25) is 10.1 Å². The van der Waals surface area contributed by atoms with E-state index in [-0.39, 0.29) is 28.6 Å². The van der Waals surface area contributed by atoms with E-state index in [1.54, 1.807) is 19.1 Å². The number of likely N-dealkylation sites (tertiary alicyclic amines) is 1. The summed E-state index contributed by atoms with van der Waals surface area (Å²) in [6, 6.07) is 9.52. The smallest absolute Gasteiger partial charge is 0.280 e. The van der Waals surface area contributed by atoms with Gasteiger partial charge in [0, 0.05) is 24.7 Å². The standard InChI is InChI=1S/C25H29N5O6S2/c1-15(14-31)36-29-22(16-3-5-18(6-4-16)38(33,34)19-7-8-19)23(32)28-25-26-20-9-10-21(27-24(20)37-25)35-17-11-12-30(2)13-17/h3-6,9-10,15,17,19,31H,7-8,11-14H2,1-2H3,(H,26,28,32)/b29-22+/t15-,17-/m1/s1. The van der Waals surface area contributed by atoms with E-state index in [1.807, 2.05) is 0 Å². The molecule has 0 bridgehead atoms. The van der Waals surface area contributed by atoms with Crippen LogP contribution < -0.4 is 10.1 Å². The maximum Gasteiger partial charge on any atom is 0.280 e. The maximum absolute atomic E-state index is 13.2. The molecule has 2 atom stereocenters. The quantitative estimate of drug-likeness (QED) is 0.283. The van der Waals surface area contributed by atoms with Gasteiger partial charge in [-0.15, -0.1) is 0 Å². The lowest BCUT2D eigenvalue weighted by molar-refractivity contribution is -0.110. The number of aliphatic hydroxyl groups is 1. The zero-order valence-corrected chi connectivity index (χ0v) is 22.7. The monoisotopic (exact) mass is 559 g/mol. The van der Waals surface area contributed by atoms with Crippen molar-refractivity contribution in [1.82, 2.24) is 14.9 Å². The molecule has 3 heterocycles. The molecular formula is C25H29N5O6S2. The predicted octanol–water partition coefficient (Wildman–Crippen LogP) is 2.45. The van der Waals surface area contributed by atoms with E-state index in [0.717, 1.165) is 19.5 Å². The summed E-state index contributed by atoms with van der Waals surface area (Å²) >= 11 is 1.20. The number of ether oxygens (including phenoxy) is 1. The molecule has 1 aliphatic carbocycles. The average molecular weight is 560 g/mol. The Hall–Kier alpha value is -3.13. The molecule has 5 rings (SSSR count). The number of aromatic nitrogens is 2. The number of hydrogen-bond donors (Lipinski definition) is 2. The van der Waals surface area contributed by atoms with Gasteiger partial charge in [-0.2, -0.15) is 0 Å². The van der Waals surface area contributed by atoms with Gasteiger partial charge in [0.25, 0.3) is 5.91 Å². The second kappa shape index (κ2) is 10.9. The summed E-state index contributed by atoms with van der Waals surface area (Å²) in [4.78, 5) is 30.5. The van der Waals surface area contributed by atoms with Crippen LogP contribution in [0.25, 0.3) is 10.3 Å². The number of pyridine rings is 1. The number of thiazole rings is 1. The lowest BCUT2D eigenvalue weighted by atomic mass is 10.1. The number of rotatable bonds is 10. The van der Waals surface area contributed by atoms with Crippen LogP contribution in [0.4, 0.5) is 5.13 Å². The third-order valence-corrected chi connectivity index (χ3v) is 9.46. The van der Waals surface area contributed by atoms with Crippen molar-refractivity contribution in [1.29, 1.82) is 0 Å². The second-order valence-corrected chi connectivity index (χ2v) is 12.8. The number of amides is 1. The van der Waals surface area contributed by atoms with Crippen molar-refractivity contribution >= 4 is 48.3 Å². The molecule has 2 N–H and O–H groups in total. The Labute approximate surface area is 224 Å². The van der Waals surface area contributed by atoms with Crippen LogP contribution in [0.15, 0.2) is 46.4 Å². The van der Waals surface area contributed by atoms with Crippen LogP contribution in [0.1, 0.15) is 31.7 Å². The normalized spacial score (nSPS) is 19.4. The number of fused-ring (bicyclic) bond motifs is 1. The molecular weight excluding hydrogens is 530 g/mol. The number of benzene rings is 1. The number of carbonyl (C=O) groups excluding carboxylic acids is 1. The van der Waals surface area contributed by atoms with Gasteiger partial charge >= 0.3 is 0 Å². The van der Waals surface area contributed by atoms with Gasteiger partial charge < -0.3 is 19.6 Å². The SMILES string of the molecule is C[C@H](CO)O/N=C(/C(=O)Nc1nc2ccc(O[C@@H]3CCN(C)C3)nc2s1)c1ccc(S(=O)(=O)C2CC2)cc1. The van der Waals surface area contributed by atoms with Crippen molar-refractivity contribution in [3.8, 4) is 5.88 Å². The number of oxime groups is 1. The van der Waals surface area contributed by atoms with E-state index in [1.165, 1.54) is 35.6 Å².